The van der Waals surface area contributed by atoms with Gasteiger partial charge in [0.2, 0.25) is 5.95 Å². The number of nitrogens with zero attached hydrogens (tertiary/aromatic N) is 2. The molecule has 0 spiro atoms. The number of H-pyrrole nitrogens is 1. The van der Waals surface area contributed by atoms with E-state index in [4.69, 9.17) is 13.0 Å². The predicted molar refractivity (Wildman–Crippen MR) is 88.7 cm³/mol. The first-order valence-corrected chi connectivity index (χ1v) is 7.62. The molecule has 0 fully saturated rings. The number of hydrogen-bond acceptors (Lipinski definition) is 3. The molecule has 2 heterocycles. The molecule has 0 atom stereocenters. The van der Waals surface area contributed by atoms with Gasteiger partial charge >= 0.3 is 5.69 Å². The van der Waals surface area contributed by atoms with E-state index < -0.39 is 11.6 Å². The van der Waals surface area contributed by atoms with E-state index in [0.717, 1.165) is 11.0 Å². The van der Waals surface area contributed by atoms with Crippen molar-refractivity contribution < 1.29 is 10.9 Å². The zero-order chi connectivity index (χ0) is 17.6. The average molecular weight is 400 g/mol. The molecule has 0 saturated carbocycles. The number of halogens is 3. The van der Waals surface area contributed by atoms with E-state index in [1.165, 1.54) is 16.8 Å². The number of pyridine rings is 1. The molecule has 0 aliphatic heterocycles. The van der Waals surface area contributed by atoms with Gasteiger partial charge in [-0.2, -0.15) is 4.39 Å². The van der Waals surface area contributed by atoms with Crippen molar-refractivity contribution in [2.45, 2.75) is 6.92 Å². The van der Waals surface area contributed by atoms with Crippen LogP contribution in [-0.4, -0.2) is 19.6 Å². The molecular weight excluding hydrogens is 389 g/mol. The number of hydrogen-bond donors (Lipinski definition) is 2. The molecule has 8 heteroatoms. The van der Waals surface area contributed by atoms with Crippen molar-refractivity contribution in [2.75, 3.05) is 0 Å². The number of rotatable bonds is 2. The SMILES string of the molecule is [2H]n1c(C)cn(-c2ccc(-c3cc(F)nc(Br)c3O)cc2Cl)c1=O. The lowest BCUT2D eigenvalue weighted by Gasteiger charge is -2.10. The molecule has 2 N–H and O–H groups in total. The summed E-state index contributed by atoms with van der Waals surface area (Å²) >= 11 is 9.23. The lowest BCUT2D eigenvalue weighted by molar-refractivity contribution is 0.464. The molecule has 1 aromatic carbocycles. The van der Waals surface area contributed by atoms with Gasteiger partial charge in [-0.1, -0.05) is 17.7 Å². The molecule has 0 aliphatic carbocycles. The molecule has 0 amide bonds. The second kappa shape index (κ2) is 5.82. The summed E-state index contributed by atoms with van der Waals surface area (Å²) in [6, 6.07) is 5.73. The number of aromatic nitrogens is 3. The molecule has 0 bridgehead atoms. The lowest BCUT2D eigenvalue weighted by Crippen LogP contribution is -2.14. The average Bonchev–Trinajstić information content (AvgIpc) is 2.78. The largest absolute Gasteiger partial charge is 0.505 e. The van der Waals surface area contributed by atoms with Crippen molar-refractivity contribution in [1.82, 2.24) is 14.5 Å². The van der Waals surface area contributed by atoms with Gasteiger partial charge in [0.05, 0.1) is 10.7 Å². The molecule has 0 radical (unpaired) electrons. The third-order valence-electron chi connectivity index (χ3n) is 3.23. The normalized spacial score (nSPS) is 11.6. The number of imidazole rings is 1. The Balaban J connectivity index is 2.15. The molecule has 3 aromatic rings. The molecule has 0 aliphatic rings. The summed E-state index contributed by atoms with van der Waals surface area (Å²) in [7, 11) is 0. The van der Waals surface area contributed by atoms with Crippen molar-refractivity contribution in [3.63, 3.8) is 0 Å². The van der Waals surface area contributed by atoms with Crippen LogP contribution in [0, 0.1) is 12.9 Å². The van der Waals surface area contributed by atoms with Gasteiger partial charge in [-0.05, 0) is 40.5 Å². The van der Waals surface area contributed by atoms with Crippen LogP contribution in [0.1, 0.15) is 5.69 Å². The van der Waals surface area contributed by atoms with E-state index >= 15 is 0 Å². The Morgan fingerprint density at radius 1 is 1.48 bits per heavy atom. The van der Waals surface area contributed by atoms with Crippen molar-refractivity contribution >= 4 is 27.5 Å². The van der Waals surface area contributed by atoms with Gasteiger partial charge in [0.25, 0.3) is 0 Å². The van der Waals surface area contributed by atoms with Gasteiger partial charge < -0.3 is 10.1 Å². The van der Waals surface area contributed by atoms with Gasteiger partial charge in [-0.15, -0.1) is 0 Å². The zero-order valence-electron chi connectivity index (χ0n) is 12.7. The van der Waals surface area contributed by atoms with Crippen molar-refractivity contribution in [3.8, 4) is 22.6 Å². The van der Waals surface area contributed by atoms with E-state index in [-0.39, 0.29) is 20.9 Å². The lowest BCUT2D eigenvalue weighted by atomic mass is 10.1. The minimum absolute atomic E-state index is 0.0178. The minimum Gasteiger partial charge on any atom is -0.505 e. The van der Waals surface area contributed by atoms with E-state index in [2.05, 4.69) is 20.9 Å². The van der Waals surface area contributed by atoms with Crippen molar-refractivity contribution in [3.05, 3.63) is 62.2 Å². The molecule has 3 rings (SSSR count). The number of aromatic hydroxyl groups is 1. The fourth-order valence-corrected chi connectivity index (χ4v) is 2.87. The topological polar surface area (TPSA) is 70.9 Å². The number of benzene rings is 1. The first-order chi connectivity index (χ1) is 11.3. The third-order valence-corrected chi connectivity index (χ3v) is 4.09. The van der Waals surface area contributed by atoms with Crippen molar-refractivity contribution in [2.24, 2.45) is 0 Å². The molecule has 118 valence electrons. The highest BCUT2D eigenvalue weighted by molar-refractivity contribution is 9.10. The third kappa shape index (κ3) is 2.89. The van der Waals surface area contributed by atoms with E-state index in [9.17, 15) is 14.3 Å². The summed E-state index contributed by atoms with van der Waals surface area (Å²) in [5, 5.41) is 10.2. The predicted octanol–water partition coefficient (Wildman–Crippen LogP) is 3.80. The molecule has 23 heavy (non-hydrogen) atoms. The summed E-state index contributed by atoms with van der Waals surface area (Å²) in [6.07, 6.45) is 1.50. The van der Waals surface area contributed by atoms with Crippen LogP contribution in [0.3, 0.4) is 0 Å². The van der Waals surface area contributed by atoms with Crippen LogP contribution in [0.15, 0.2) is 39.9 Å². The van der Waals surface area contributed by atoms with E-state index in [0.29, 0.717) is 16.9 Å². The van der Waals surface area contributed by atoms with E-state index in [1.807, 2.05) is 0 Å². The number of aromatic amines is 1. The smallest absolute Gasteiger partial charge is 0.330 e. The maximum Gasteiger partial charge on any atom is 0.330 e. The quantitative estimate of drug-likeness (QED) is 0.644. The van der Waals surface area contributed by atoms with Crippen LogP contribution in [0.4, 0.5) is 4.39 Å². The summed E-state index contributed by atoms with van der Waals surface area (Å²) in [5.74, 6) is -0.974. The van der Waals surface area contributed by atoms with Gasteiger partial charge in [0, 0.05) is 23.5 Å². The maximum atomic E-state index is 13.5. The minimum atomic E-state index is -0.756. The Bertz CT molecular complexity index is 1020. The molecular formula is C15H10BrClFN3O2. The number of aryl methyl sites for hydroxylation is 1. The van der Waals surface area contributed by atoms with Crippen molar-refractivity contribution in [1.29, 1.82) is 0 Å². The Morgan fingerprint density at radius 3 is 2.83 bits per heavy atom. The van der Waals surface area contributed by atoms with Crippen LogP contribution in [0.25, 0.3) is 16.8 Å². The van der Waals surface area contributed by atoms with Crippen LogP contribution < -0.4 is 5.69 Å². The fraction of sp³-hybridized carbons (Fsp3) is 0.0667. The maximum absolute atomic E-state index is 13.5. The first-order valence-electron chi connectivity index (χ1n) is 6.90. The zero-order valence-corrected chi connectivity index (χ0v) is 14.1. The highest BCUT2D eigenvalue weighted by Crippen LogP contribution is 2.36. The Hall–Kier alpha value is -2.12. The molecule has 0 unspecified atom stereocenters. The summed E-state index contributed by atoms with van der Waals surface area (Å²) in [4.78, 5) is 16.2. The second-order valence-corrected chi connectivity index (χ2v) is 5.99. The van der Waals surface area contributed by atoms with Crippen LogP contribution >= 0.6 is 27.5 Å². The fourth-order valence-electron chi connectivity index (χ4n) is 2.22. The number of nitrogens with one attached hydrogen (secondary N) is 1. The Kier molecular flexibility index (Phi) is 3.66. The first kappa shape index (κ1) is 14.5. The molecule has 2 aromatic heterocycles. The monoisotopic (exact) mass is 398 g/mol. The van der Waals surface area contributed by atoms with Gasteiger partial charge in [-0.3, -0.25) is 4.57 Å². The highest BCUT2D eigenvalue weighted by Gasteiger charge is 2.14. The van der Waals surface area contributed by atoms with Crippen LogP contribution in [-0.2, 0) is 0 Å². The summed E-state index contributed by atoms with van der Waals surface area (Å²) in [5.41, 5.74) is 0.955. The standard InChI is InChI=1S/C15H10BrClFN3O2/c1-7-6-21(15(23)19-7)11-3-2-8(4-10(11)17)9-5-12(18)20-14(16)13(9)22/h2-6,22H,1H3,(H,19,23)/i/hD. The van der Waals surface area contributed by atoms with E-state index in [1.54, 1.807) is 19.1 Å². The van der Waals surface area contributed by atoms with Gasteiger partial charge in [0.1, 0.15) is 0 Å². The Morgan fingerprint density at radius 2 is 2.22 bits per heavy atom. The van der Waals surface area contributed by atoms with Gasteiger partial charge in [-0.25, -0.2) is 9.78 Å². The molecule has 5 nitrogen and oxygen atoms in total. The summed E-state index contributed by atoms with van der Waals surface area (Å²) < 4.78 is 22.3. The van der Waals surface area contributed by atoms with Gasteiger partial charge in [0.15, 0.2) is 11.8 Å². The van der Waals surface area contributed by atoms with Crippen LogP contribution in [0.2, 0.25) is 6.43 Å². The second-order valence-electron chi connectivity index (χ2n) is 4.83. The summed E-state index contributed by atoms with van der Waals surface area (Å²) in [6.45, 7) is 1.63. The molecule has 0 saturated heterocycles. The highest BCUT2D eigenvalue weighted by atomic mass is 79.9. The van der Waals surface area contributed by atoms with Crippen LogP contribution in [0.5, 0.6) is 5.75 Å². The Labute approximate surface area is 145 Å².